The van der Waals surface area contributed by atoms with Crippen LogP contribution in [0.1, 0.15) is 6.92 Å². The summed E-state index contributed by atoms with van der Waals surface area (Å²) in [5, 5.41) is 5.45. The molecule has 12 heavy (non-hydrogen) atoms. The van der Waals surface area contributed by atoms with Gasteiger partial charge in [0.25, 0.3) is 0 Å². The summed E-state index contributed by atoms with van der Waals surface area (Å²) in [4.78, 5) is 12.2. The molecule has 0 spiro atoms. The summed E-state index contributed by atoms with van der Waals surface area (Å²) in [5.41, 5.74) is 0. The van der Waals surface area contributed by atoms with Crippen LogP contribution >= 0.6 is 0 Å². The smallest absolute Gasteiger partial charge is 0.414 e. The number of ether oxygens (including phenoxy) is 1. The Labute approximate surface area is 72.6 Å². The Balaban J connectivity index is 3.86. The number of hydrazone groups is 1. The average Bonchev–Trinajstić information content (AvgIpc) is 2.00. The van der Waals surface area contributed by atoms with E-state index in [4.69, 9.17) is 4.74 Å². The van der Waals surface area contributed by atoms with Gasteiger partial charge in [0.15, 0.2) is 0 Å². The van der Waals surface area contributed by atoms with E-state index >= 15 is 0 Å². The molecule has 0 radical (unpaired) electrons. The molecular formula is C7H15N3O2. The van der Waals surface area contributed by atoms with Gasteiger partial charge >= 0.3 is 6.09 Å². The number of rotatable bonds is 3. The first-order valence-corrected chi connectivity index (χ1v) is 3.69. The van der Waals surface area contributed by atoms with E-state index in [9.17, 15) is 4.79 Å². The Morgan fingerprint density at radius 2 is 2.08 bits per heavy atom. The van der Waals surface area contributed by atoms with Gasteiger partial charge in [0, 0.05) is 21.1 Å². The standard InChI is InChI=1S/C7H15N3O2/c1-5-12-7(11)10(4)6-8-9(2)3/h6H,5H2,1-4H3/b8-6-. The van der Waals surface area contributed by atoms with E-state index in [1.807, 2.05) is 0 Å². The minimum atomic E-state index is -0.400. The van der Waals surface area contributed by atoms with Crippen molar-refractivity contribution in [3.05, 3.63) is 0 Å². The van der Waals surface area contributed by atoms with Gasteiger partial charge in [0.2, 0.25) is 0 Å². The molecule has 0 rings (SSSR count). The van der Waals surface area contributed by atoms with E-state index in [1.54, 1.807) is 33.1 Å². The van der Waals surface area contributed by atoms with Crippen molar-refractivity contribution in [3.63, 3.8) is 0 Å². The zero-order valence-electron chi connectivity index (χ0n) is 7.94. The van der Waals surface area contributed by atoms with Crippen molar-refractivity contribution in [1.29, 1.82) is 0 Å². The summed E-state index contributed by atoms with van der Waals surface area (Å²) in [6, 6.07) is 0. The van der Waals surface area contributed by atoms with E-state index in [-0.39, 0.29) is 0 Å². The molecule has 0 saturated carbocycles. The lowest BCUT2D eigenvalue weighted by Crippen LogP contribution is -2.26. The fourth-order valence-corrected chi connectivity index (χ4v) is 0.453. The van der Waals surface area contributed by atoms with Crippen molar-refractivity contribution in [3.8, 4) is 0 Å². The third kappa shape index (κ3) is 4.54. The van der Waals surface area contributed by atoms with Gasteiger partial charge in [-0.2, -0.15) is 5.10 Å². The predicted octanol–water partition coefficient (Wildman–Crippen LogP) is 0.580. The monoisotopic (exact) mass is 173 g/mol. The Morgan fingerprint density at radius 1 is 1.50 bits per heavy atom. The van der Waals surface area contributed by atoms with E-state index in [1.165, 1.54) is 11.2 Å². The highest BCUT2D eigenvalue weighted by Crippen LogP contribution is 1.86. The van der Waals surface area contributed by atoms with Gasteiger partial charge in [0.1, 0.15) is 6.34 Å². The highest BCUT2D eigenvalue weighted by molar-refractivity contribution is 5.81. The van der Waals surface area contributed by atoms with Crippen LogP contribution in [0.2, 0.25) is 0 Å². The molecule has 0 aliphatic rings. The number of carbonyl (C=O) groups is 1. The third-order valence-electron chi connectivity index (χ3n) is 1.01. The molecule has 0 fully saturated rings. The van der Waals surface area contributed by atoms with Crippen molar-refractivity contribution >= 4 is 12.4 Å². The van der Waals surface area contributed by atoms with Crippen molar-refractivity contribution in [1.82, 2.24) is 9.91 Å². The number of nitrogens with zero attached hydrogens (tertiary/aromatic N) is 3. The van der Waals surface area contributed by atoms with Crippen molar-refractivity contribution < 1.29 is 9.53 Å². The first kappa shape index (κ1) is 10.7. The Bertz CT molecular complexity index is 168. The highest BCUT2D eigenvalue weighted by Gasteiger charge is 2.04. The molecule has 0 aromatic carbocycles. The first-order chi connectivity index (χ1) is 5.57. The fraction of sp³-hybridized carbons (Fsp3) is 0.714. The number of carbonyl (C=O) groups excluding carboxylic acids is 1. The van der Waals surface area contributed by atoms with Crippen molar-refractivity contribution in [2.75, 3.05) is 27.7 Å². The maximum atomic E-state index is 10.9. The maximum Gasteiger partial charge on any atom is 0.414 e. The fourth-order valence-electron chi connectivity index (χ4n) is 0.453. The zero-order chi connectivity index (χ0) is 9.56. The van der Waals surface area contributed by atoms with Gasteiger partial charge in [-0.05, 0) is 6.92 Å². The van der Waals surface area contributed by atoms with Crippen LogP contribution in [0, 0.1) is 0 Å². The second-order valence-corrected chi connectivity index (χ2v) is 2.39. The van der Waals surface area contributed by atoms with Gasteiger partial charge in [-0.15, -0.1) is 0 Å². The number of hydrogen-bond acceptors (Lipinski definition) is 4. The lowest BCUT2D eigenvalue weighted by molar-refractivity contribution is 0.134. The summed E-state index contributed by atoms with van der Waals surface area (Å²) in [7, 11) is 5.13. The second kappa shape index (κ2) is 5.40. The largest absolute Gasteiger partial charge is 0.449 e. The van der Waals surface area contributed by atoms with Crippen LogP contribution in [0.3, 0.4) is 0 Å². The highest BCUT2D eigenvalue weighted by atomic mass is 16.5. The minimum absolute atomic E-state index is 0.374. The molecule has 0 aliphatic heterocycles. The zero-order valence-corrected chi connectivity index (χ0v) is 7.94. The molecule has 0 aromatic rings. The van der Waals surface area contributed by atoms with Crippen LogP contribution in [0.5, 0.6) is 0 Å². The quantitative estimate of drug-likeness (QED) is 0.356. The van der Waals surface area contributed by atoms with E-state index in [0.717, 1.165) is 0 Å². The predicted molar refractivity (Wildman–Crippen MR) is 47.0 cm³/mol. The molecule has 0 aliphatic carbocycles. The summed E-state index contributed by atoms with van der Waals surface area (Å²) >= 11 is 0. The minimum Gasteiger partial charge on any atom is -0.449 e. The molecule has 0 aromatic heterocycles. The molecule has 0 heterocycles. The molecule has 70 valence electrons. The van der Waals surface area contributed by atoms with Crippen LogP contribution in [-0.2, 0) is 4.74 Å². The van der Waals surface area contributed by atoms with Crippen LogP contribution < -0.4 is 0 Å². The summed E-state index contributed by atoms with van der Waals surface area (Å²) < 4.78 is 4.71. The first-order valence-electron chi connectivity index (χ1n) is 3.69. The lowest BCUT2D eigenvalue weighted by atomic mass is 10.8. The maximum absolute atomic E-state index is 10.9. The topological polar surface area (TPSA) is 45.1 Å². The van der Waals surface area contributed by atoms with Crippen molar-refractivity contribution in [2.45, 2.75) is 6.92 Å². The Morgan fingerprint density at radius 3 is 2.50 bits per heavy atom. The van der Waals surface area contributed by atoms with Gasteiger partial charge in [-0.25, -0.2) is 4.79 Å². The second-order valence-electron chi connectivity index (χ2n) is 2.39. The van der Waals surface area contributed by atoms with Crippen LogP contribution in [0.25, 0.3) is 0 Å². The van der Waals surface area contributed by atoms with Gasteiger partial charge in [-0.3, -0.25) is 4.90 Å². The van der Waals surface area contributed by atoms with Gasteiger partial charge < -0.3 is 9.75 Å². The third-order valence-corrected chi connectivity index (χ3v) is 1.01. The number of hydrogen-bond donors (Lipinski definition) is 0. The van der Waals surface area contributed by atoms with Gasteiger partial charge in [-0.1, -0.05) is 0 Å². The summed E-state index contributed by atoms with van der Waals surface area (Å²) in [6.45, 7) is 2.13. The molecule has 5 heteroatoms. The van der Waals surface area contributed by atoms with Gasteiger partial charge in [0.05, 0.1) is 6.61 Å². The van der Waals surface area contributed by atoms with Crippen molar-refractivity contribution in [2.24, 2.45) is 5.10 Å². The van der Waals surface area contributed by atoms with E-state index in [0.29, 0.717) is 6.61 Å². The Hall–Kier alpha value is -1.26. The molecule has 0 saturated heterocycles. The molecule has 0 unspecified atom stereocenters. The lowest BCUT2D eigenvalue weighted by Gasteiger charge is -2.11. The molecule has 0 bridgehead atoms. The summed E-state index contributed by atoms with van der Waals surface area (Å²) in [5.74, 6) is 0. The molecular weight excluding hydrogens is 158 g/mol. The van der Waals surface area contributed by atoms with Crippen LogP contribution in [0.15, 0.2) is 5.10 Å². The molecule has 1 amide bonds. The normalized spacial score (nSPS) is 10.0. The molecule has 0 N–H and O–H groups in total. The van der Waals surface area contributed by atoms with E-state index < -0.39 is 6.09 Å². The van der Waals surface area contributed by atoms with Crippen LogP contribution in [0.4, 0.5) is 4.79 Å². The molecule has 5 nitrogen and oxygen atoms in total. The average molecular weight is 173 g/mol. The number of amides is 1. The SMILES string of the molecule is CCOC(=O)N(C)/C=N\N(C)C. The van der Waals surface area contributed by atoms with Crippen LogP contribution in [-0.4, -0.2) is 50.1 Å². The summed E-state index contributed by atoms with van der Waals surface area (Å²) in [6.07, 6.45) is 1.00. The Kier molecular flexibility index (Phi) is 4.83. The van der Waals surface area contributed by atoms with E-state index in [2.05, 4.69) is 5.10 Å². The molecule has 0 atom stereocenters.